The summed E-state index contributed by atoms with van der Waals surface area (Å²) >= 11 is 0. The summed E-state index contributed by atoms with van der Waals surface area (Å²) in [6, 6.07) is 13.8. The van der Waals surface area contributed by atoms with Crippen LogP contribution >= 0.6 is 0 Å². The highest BCUT2D eigenvalue weighted by atomic mass is 19.1. The standard InChI is InChI=1S/C28H32FN5O2/c1-32-10-7-19-16-34(17-22(19)28(32)35)26-14-24(31-25-15-27(36-2)23(29)13-21(25)26)18-3-5-20(6-4-18)33-11-8-30-9-12-33/h3-6,13-15,19,22,30H,7-12,16-17H2,1-2H3. The van der Waals surface area contributed by atoms with Crippen LogP contribution in [-0.4, -0.2) is 75.8 Å². The fourth-order valence-corrected chi connectivity index (χ4v) is 5.93. The molecule has 2 unspecified atom stereocenters. The molecule has 3 aliphatic heterocycles. The number of halogens is 1. The molecular formula is C28H32FN5O2. The number of likely N-dealkylation sites (tertiary alicyclic amines) is 1. The normalized spacial score (nSPS) is 22.3. The van der Waals surface area contributed by atoms with Crippen LogP contribution < -0.4 is 19.9 Å². The van der Waals surface area contributed by atoms with Crippen molar-refractivity contribution in [3.8, 4) is 17.0 Å². The number of pyridine rings is 1. The van der Waals surface area contributed by atoms with Gasteiger partial charge in [0.1, 0.15) is 0 Å². The zero-order valence-electron chi connectivity index (χ0n) is 20.8. The molecule has 2 atom stereocenters. The maximum Gasteiger partial charge on any atom is 0.227 e. The van der Waals surface area contributed by atoms with E-state index >= 15 is 0 Å². The predicted octanol–water partition coefficient (Wildman–Crippen LogP) is 3.37. The van der Waals surface area contributed by atoms with Gasteiger partial charge in [0.15, 0.2) is 11.6 Å². The lowest BCUT2D eigenvalue weighted by Gasteiger charge is -2.30. The minimum Gasteiger partial charge on any atom is -0.494 e. The second-order valence-electron chi connectivity index (χ2n) is 10.1. The van der Waals surface area contributed by atoms with E-state index in [1.165, 1.54) is 18.9 Å². The number of hydrogen-bond acceptors (Lipinski definition) is 6. The zero-order valence-corrected chi connectivity index (χ0v) is 20.8. The Morgan fingerprint density at radius 3 is 2.56 bits per heavy atom. The average molecular weight is 490 g/mol. The minimum atomic E-state index is -0.409. The van der Waals surface area contributed by atoms with Gasteiger partial charge in [0.2, 0.25) is 5.91 Å². The molecule has 3 aromatic rings. The molecule has 3 aliphatic rings. The smallest absolute Gasteiger partial charge is 0.227 e. The molecule has 7 nitrogen and oxygen atoms in total. The lowest BCUT2D eigenvalue weighted by Crippen LogP contribution is -2.43. The Morgan fingerprint density at radius 2 is 1.81 bits per heavy atom. The van der Waals surface area contributed by atoms with Crippen LogP contribution in [-0.2, 0) is 4.79 Å². The summed E-state index contributed by atoms with van der Waals surface area (Å²) in [5, 5.41) is 4.14. The van der Waals surface area contributed by atoms with Crippen LogP contribution in [0.15, 0.2) is 42.5 Å². The number of carbonyl (C=O) groups is 1. The van der Waals surface area contributed by atoms with Gasteiger partial charge in [-0.05, 0) is 36.6 Å². The Balaban J connectivity index is 1.40. The van der Waals surface area contributed by atoms with Gasteiger partial charge in [-0.25, -0.2) is 9.37 Å². The van der Waals surface area contributed by atoms with E-state index in [0.717, 1.165) is 68.0 Å². The van der Waals surface area contributed by atoms with E-state index in [2.05, 4.69) is 45.4 Å². The molecule has 0 saturated carbocycles. The quantitative estimate of drug-likeness (QED) is 0.607. The number of amides is 1. The van der Waals surface area contributed by atoms with Crippen molar-refractivity contribution < 1.29 is 13.9 Å². The number of rotatable bonds is 4. The average Bonchev–Trinajstić information content (AvgIpc) is 3.35. The van der Waals surface area contributed by atoms with E-state index in [1.54, 1.807) is 6.07 Å². The van der Waals surface area contributed by atoms with Crippen molar-refractivity contribution in [2.75, 3.05) is 69.8 Å². The van der Waals surface area contributed by atoms with Crippen LogP contribution in [0.4, 0.5) is 15.8 Å². The molecule has 0 spiro atoms. The number of methoxy groups -OCH3 is 1. The van der Waals surface area contributed by atoms with E-state index in [4.69, 9.17) is 9.72 Å². The van der Waals surface area contributed by atoms with Gasteiger partial charge in [-0.3, -0.25) is 4.79 Å². The van der Waals surface area contributed by atoms with Crippen molar-refractivity contribution in [1.29, 1.82) is 0 Å². The van der Waals surface area contributed by atoms with Gasteiger partial charge in [-0.1, -0.05) is 12.1 Å². The topological polar surface area (TPSA) is 60.9 Å². The molecule has 0 aliphatic carbocycles. The number of ether oxygens (including phenoxy) is 1. The predicted molar refractivity (Wildman–Crippen MR) is 140 cm³/mol. The number of hydrogen-bond donors (Lipinski definition) is 1. The molecule has 0 bridgehead atoms. The first-order valence-corrected chi connectivity index (χ1v) is 12.8. The zero-order chi connectivity index (χ0) is 24.8. The number of nitrogens with one attached hydrogen (secondary N) is 1. The van der Waals surface area contributed by atoms with Crippen LogP contribution in [0, 0.1) is 17.7 Å². The van der Waals surface area contributed by atoms with Crippen LogP contribution in [0.3, 0.4) is 0 Å². The molecule has 36 heavy (non-hydrogen) atoms. The van der Waals surface area contributed by atoms with Crippen molar-refractivity contribution in [1.82, 2.24) is 15.2 Å². The lowest BCUT2D eigenvalue weighted by atomic mass is 9.88. The number of anilines is 2. The van der Waals surface area contributed by atoms with Crippen molar-refractivity contribution in [3.63, 3.8) is 0 Å². The molecule has 3 saturated heterocycles. The van der Waals surface area contributed by atoms with Crippen LogP contribution in [0.5, 0.6) is 5.75 Å². The molecule has 2 aromatic carbocycles. The summed E-state index contributed by atoms with van der Waals surface area (Å²) in [5.41, 5.74) is 4.65. The van der Waals surface area contributed by atoms with Crippen molar-refractivity contribution in [2.24, 2.45) is 11.8 Å². The highest BCUT2D eigenvalue weighted by Crippen LogP contribution is 2.40. The number of carbonyl (C=O) groups excluding carboxylic acids is 1. The number of piperidine rings is 1. The SMILES string of the molecule is COc1cc2nc(-c3ccc(N4CCNCC4)cc3)cc(N3CC4CCN(C)C(=O)C4C3)c2cc1F. The minimum absolute atomic E-state index is 0.0168. The van der Waals surface area contributed by atoms with Crippen LogP contribution in [0.2, 0.25) is 0 Å². The summed E-state index contributed by atoms with van der Waals surface area (Å²) in [4.78, 5) is 24.2. The van der Waals surface area contributed by atoms with Gasteiger partial charge >= 0.3 is 0 Å². The van der Waals surface area contributed by atoms with Crippen molar-refractivity contribution in [3.05, 3.63) is 48.3 Å². The van der Waals surface area contributed by atoms with Gasteiger partial charge in [0.25, 0.3) is 0 Å². The maximum absolute atomic E-state index is 14.8. The molecule has 1 N–H and O–H groups in total. The highest BCUT2D eigenvalue weighted by Gasteiger charge is 2.42. The number of fused-ring (bicyclic) bond motifs is 2. The second-order valence-corrected chi connectivity index (χ2v) is 10.1. The van der Waals surface area contributed by atoms with Crippen LogP contribution in [0.25, 0.3) is 22.2 Å². The summed E-state index contributed by atoms with van der Waals surface area (Å²) in [5.74, 6) is 0.287. The molecule has 6 rings (SSSR count). The Labute approximate surface area is 210 Å². The molecule has 1 amide bonds. The molecule has 8 heteroatoms. The van der Waals surface area contributed by atoms with E-state index in [-0.39, 0.29) is 17.6 Å². The Morgan fingerprint density at radius 1 is 1.03 bits per heavy atom. The van der Waals surface area contributed by atoms with E-state index in [0.29, 0.717) is 18.0 Å². The monoisotopic (exact) mass is 489 g/mol. The van der Waals surface area contributed by atoms with E-state index in [1.807, 2.05) is 11.9 Å². The van der Waals surface area contributed by atoms with Gasteiger partial charge in [-0.2, -0.15) is 0 Å². The number of piperazine rings is 1. The largest absolute Gasteiger partial charge is 0.494 e. The first kappa shape index (κ1) is 23.0. The molecular weight excluding hydrogens is 457 g/mol. The number of nitrogens with zero attached hydrogens (tertiary/aromatic N) is 4. The number of benzene rings is 2. The molecule has 3 fully saturated rings. The lowest BCUT2D eigenvalue weighted by molar-refractivity contribution is -0.137. The first-order valence-electron chi connectivity index (χ1n) is 12.8. The third-order valence-electron chi connectivity index (χ3n) is 8.02. The third kappa shape index (κ3) is 4.03. The Hall–Kier alpha value is -3.39. The molecule has 1 aromatic heterocycles. The summed E-state index contributed by atoms with van der Waals surface area (Å²) in [6.07, 6.45) is 0.995. The fraction of sp³-hybridized carbons (Fsp3) is 0.429. The van der Waals surface area contributed by atoms with Crippen LogP contribution in [0.1, 0.15) is 6.42 Å². The maximum atomic E-state index is 14.8. The number of aromatic nitrogens is 1. The van der Waals surface area contributed by atoms with Crippen molar-refractivity contribution in [2.45, 2.75) is 6.42 Å². The summed E-state index contributed by atoms with van der Waals surface area (Å²) in [7, 11) is 3.35. The van der Waals surface area contributed by atoms with E-state index < -0.39 is 5.82 Å². The van der Waals surface area contributed by atoms with Gasteiger partial charge < -0.3 is 24.8 Å². The first-order chi connectivity index (χ1) is 17.5. The van der Waals surface area contributed by atoms with Gasteiger partial charge in [-0.15, -0.1) is 0 Å². The van der Waals surface area contributed by atoms with Gasteiger partial charge in [0.05, 0.1) is 24.2 Å². The molecule has 0 radical (unpaired) electrons. The highest BCUT2D eigenvalue weighted by molar-refractivity contribution is 5.96. The Kier molecular flexibility index (Phi) is 5.91. The van der Waals surface area contributed by atoms with Crippen molar-refractivity contribution >= 4 is 28.2 Å². The van der Waals surface area contributed by atoms with Gasteiger partial charge in [0, 0.05) is 81.3 Å². The second kappa shape index (κ2) is 9.24. The fourth-order valence-electron chi connectivity index (χ4n) is 5.93. The molecule has 4 heterocycles. The van der Waals surface area contributed by atoms with E-state index in [9.17, 15) is 9.18 Å². The summed E-state index contributed by atoms with van der Waals surface area (Å²) in [6.45, 7) is 6.20. The molecule has 188 valence electrons. The third-order valence-corrected chi connectivity index (χ3v) is 8.02. The summed E-state index contributed by atoms with van der Waals surface area (Å²) < 4.78 is 20.1. The Bertz CT molecular complexity index is 1290.